The molecular weight excluding hydrogens is 229 g/mol. The van der Waals surface area contributed by atoms with E-state index >= 15 is 0 Å². The average Bonchev–Trinajstić information content (AvgIpc) is 2.17. The zero-order valence-electron chi connectivity index (χ0n) is 6.89. The van der Waals surface area contributed by atoms with Crippen molar-refractivity contribution in [2.75, 3.05) is 5.06 Å². The summed E-state index contributed by atoms with van der Waals surface area (Å²) < 4.78 is -2.39. The highest BCUT2D eigenvalue weighted by Gasteiger charge is 2.40. The van der Waals surface area contributed by atoms with Crippen LogP contribution in [0.5, 0.6) is 0 Å². The summed E-state index contributed by atoms with van der Waals surface area (Å²) in [6.45, 7) is 0. The number of para-hydroxylation sites is 1. The number of alkyl halides is 2. The van der Waals surface area contributed by atoms with Crippen LogP contribution >= 0.6 is 23.2 Å². The Morgan fingerprint density at radius 3 is 2.21 bits per heavy atom. The molecule has 4 nitrogen and oxygen atoms in total. The molecule has 0 unspecified atom stereocenters. The molecule has 1 rings (SSSR count). The van der Waals surface area contributed by atoms with E-state index in [0.29, 0.717) is 0 Å². The molecule has 2 N–H and O–H groups in total. The fourth-order valence-electron chi connectivity index (χ4n) is 0.822. The van der Waals surface area contributed by atoms with Crippen molar-refractivity contribution >= 4 is 34.9 Å². The Balaban J connectivity index is 2.96. The molecule has 0 aliphatic heterocycles. The molecule has 0 aromatic heterocycles. The van der Waals surface area contributed by atoms with E-state index in [1.54, 1.807) is 18.2 Å². The van der Waals surface area contributed by atoms with Crippen LogP contribution in [0.15, 0.2) is 30.3 Å². The fourth-order valence-corrected chi connectivity index (χ4v) is 1.02. The summed E-state index contributed by atoms with van der Waals surface area (Å²) in [6, 6.07) is 7.89. The van der Waals surface area contributed by atoms with Gasteiger partial charge in [0, 0.05) is 0 Å². The number of hydroxylamine groups is 1. The van der Waals surface area contributed by atoms with Crippen molar-refractivity contribution in [3.8, 4) is 0 Å². The van der Waals surface area contributed by atoms with Crippen molar-refractivity contribution in [1.29, 1.82) is 0 Å². The number of rotatable bonds is 3. The first kappa shape index (κ1) is 11.1. The van der Waals surface area contributed by atoms with Crippen LogP contribution in [0.1, 0.15) is 0 Å². The number of hydrogen-bond donors (Lipinski definition) is 2. The molecule has 0 amide bonds. The zero-order valence-corrected chi connectivity index (χ0v) is 8.40. The van der Waals surface area contributed by atoms with Crippen LogP contribution in [-0.2, 0) is 4.79 Å². The smallest absolute Gasteiger partial charge is 0.364 e. The Kier molecular flexibility index (Phi) is 3.21. The van der Waals surface area contributed by atoms with Gasteiger partial charge in [0.2, 0.25) is 0 Å². The third kappa shape index (κ3) is 2.09. The molecule has 0 bridgehead atoms. The van der Waals surface area contributed by atoms with Gasteiger partial charge >= 0.3 is 10.4 Å². The predicted octanol–water partition coefficient (Wildman–Crippen LogP) is 2.10. The van der Waals surface area contributed by atoms with Crippen LogP contribution in [0.4, 0.5) is 5.69 Å². The standard InChI is InChI=1S/C8H7Cl2NO3/c9-8(10,7(12)13)11(14)6-4-2-1-3-5-6/h1-5,14H,(H,12,13). The quantitative estimate of drug-likeness (QED) is 0.479. The molecular formula is C8H7Cl2NO3. The third-order valence-corrected chi connectivity index (χ3v) is 2.17. The number of aliphatic carboxylic acids is 1. The number of carboxylic acids is 1. The van der Waals surface area contributed by atoms with Crippen molar-refractivity contribution in [1.82, 2.24) is 0 Å². The number of carboxylic acid groups (broad SMARTS) is 1. The average molecular weight is 236 g/mol. The van der Waals surface area contributed by atoms with E-state index in [9.17, 15) is 10.0 Å². The molecule has 1 aromatic rings. The fraction of sp³-hybridized carbons (Fsp3) is 0.125. The van der Waals surface area contributed by atoms with Crippen LogP contribution in [-0.4, -0.2) is 20.7 Å². The Morgan fingerprint density at radius 2 is 1.79 bits per heavy atom. The molecule has 0 radical (unpaired) electrons. The minimum atomic E-state index is -2.39. The second-order valence-electron chi connectivity index (χ2n) is 2.49. The Bertz CT molecular complexity index is 329. The number of nitrogens with zero attached hydrogens (tertiary/aromatic N) is 1. The molecule has 0 atom stereocenters. The van der Waals surface area contributed by atoms with Crippen LogP contribution in [0, 0.1) is 0 Å². The molecule has 0 saturated carbocycles. The summed E-state index contributed by atoms with van der Waals surface area (Å²) in [4.78, 5) is 10.6. The highest BCUT2D eigenvalue weighted by atomic mass is 35.5. The Labute approximate surface area is 90.2 Å². The lowest BCUT2D eigenvalue weighted by Crippen LogP contribution is -2.44. The highest BCUT2D eigenvalue weighted by molar-refractivity contribution is 6.58. The van der Waals surface area contributed by atoms with Crippen molar-refractivity contribution < 1.29 is 15.1 Å². The van der Waals surface area contributed by atoms with Crippen LogP contribution in [0.25, 0.3) is 0 Å². The summed E-state index contributed by atoms with van der Waals surface area (Å²) in [5.41, 5.74) is 0.194. The van der Waals surface area contributed by atoms with Gasteiger partial charge in [0.15, 0.2) is 0 Å². The van der Waals surface area contributed by atoms with Crippen molar-refractivity contribution in [3.05, 3.63) is 30.3 Å². The predicted molar refractivity (Wildman–Crippen MR) is 52.8 cm³/mol. The Hall–Kier alpha value is -0.970. The number of anilines is 1. The summed E-state index contributed by atoms with van der Waals surface area (Å²) in [5.74, 6) is -1.55. The van der Waals surface area contributed by atoms with Crippen LogP contribution in [0.2, 0.25) is 0 Å². The number of halogens is 2. The van der Waals surface area contributed by atoms with Gasteiger partial charge in [0.05, 0.1) is 5.69 Å². The molecule has 0 aliphatic rings. The number of hydrogen-bond acceptors (Lipinski definition) is 3. The molecule has 0 fully saturated rings. The summed E-state index contributed by atoms with van der Waals surface area (Å²) in [5, 5.41) is 18.3. The Morgan fingerprint density at radius 1 is 1.29 bits per heavy atom. The van der Waals surface area contributed by atoms with Gasteiger partial charge in [-0.05, 0) is 12.1 Å². The summed E-state index contributed by atoms with van der Waals surface area (Å²) in [7, 11) is 0. The molecule has 76 valence electrons. The lowest BCUT2D eigenvalue weighted by molar-refractivity contribution is -0.139. The minimum Gasteiger partial charge on any atom is -0.478 e. The summed E-state index contributed by atoms with van der Waals surface area (Å²) in [6.07, 6.45) is 0. The number of benzene rings is 1. The van der Waals surface area contributed by atoms with E-state index < -0.39 is 10.4 Å². The first-order valence-corrected chi connectivity index (χ1v) is 4.37. The largest absolute Gasteiger partial charge is 0.478 e. The maximum atomic E-state index is 10.6. The second-order valence-corrected chi connectivity index (χ2v) is 3.78. The monoisotopic (exact) mass is 235 g/mol. The maximum Gasteiger partial charge on any atom is 0.364 e. The molecule has 1 aromatic carbocycles. The molecule has 14 heavy (non-hydrogen) atoms. The first-order chi connectivity index (χ1) is 6.46. The first-order valence-electron chi connectivity index (χ1n) is 3.61. The van der Waals surface area contributed by atoms with E-state index in [0.717, 1.165) is 0 Å². The van der Waals surface area contributed by atoms with E-state index in [4.69, 9.17) is 28.3 Å². The van der Waals surface area contributed by atoms with E-state index in [1.165, 1.54) is 12.1 Å². The van der Waals surface area contributed by atoms with Crippen molar-refractivity contribution in [2.45, 2.75) is 4.46 Å². The van der Waals surface area contributed by atoms with Gasteiger partial charge in [0.1, 0.15) is 0 Å². The van der Waals surface area contributed by atoms with Crippen molar-refractivity contribution in [2.24, 2.45) is 0 Å². The van der Waals surface area contributed by atoms with E-state index in [-0.39, 0.29) is 10.8 Å². The van der Waals surface area contributed by atoms with Gasteiger partial charge in [-0.3, -0.25) is 5.21 Å². The highest BCUT2D eigenvalue weighted by Crippen LogP contribution is 2.29. The summed E-state index contributed by atoms with van der Waals surface area (Å²) >= 11 is 10.8. The third-order valence-electron chi connectivity index (χ3n) is 1.52. The van der Waals surface area contributed by atoms with Crippen LogP contribution < -0.4 is 5.06 Å². The SMILES string of the molecule is O=C(O)C(Cl)(Cl)N(O)c1ccccc1. The van der Waals surface area contributed by atoms with E-state index in [1.807, 2.05) is 0 Å². The van der Waals surface area contributed by atoms with Gasteiger partial charge in [-0.15, -0.1) is 0 Å². The number of carbonyl (C=O) groups is 1. The molecule has 0 aliphatic carbocycles. The van der Waals surface area contributed by atoms with Gasteiger partial charge in [0.25, 0.3) is 0 Å². The maximum absolute atomic E-state index is 10.6. The van der Waals surface area contributed by atoms with Crippen LogP contribution in [0.3, 0.4) is 0 Å². The molecule has 0 saturated heterocycles. The van der Waals surface area contributed by atoms with Gasteiger partial charge in [-0.25, -0.2) is 9.86 Å². The topological polar surface area (TPSA) is 60.8 Å². The second kappa shape index (κ2) is 4.04. The van der Waals surface area contributed by atoms with Gasteiger partial charge in [-0.2, -0.15) is 0 Å². The van der Waals surface area contributed by atoms with E-state index in [2.05, 4.69) is 0 Å². The lowest BCUT2D eigenvalue weighted by Gasteiger charge is -2.25. The zero-order chi connectivity index (χ0) is 10.8. The normalized spacial score (nSPS) is 11.1. The lowest BCUT2D eigenvalue weighted by atomic mass is 10.3. The minimum absolute atomic E-state index is 0.194. The molecule has 0 spiro atoms. The molecule has 0 heterocycles. The van der Waals surface area contributed by atoms with Crippen molar-refractivity contribution in [3.63, 3.8) is 0 Å². The van der Waals surface area contributed by atoms with Gasteiger partial charge < -0.3 is 5.11 Å². The van der Waals surface area contributed by atoms with Gasteiger partial charge in [-0.1, -0.05) is 41.4 Å². The molecule has 6 heteroatoms.